The zero-order chi connectivity index (χ0) is 14.3. The molecule has 0 aliphatic carbocycles. The lowest BCUT2D eigenvalue weighted by Gasteiger charge is -2.11. The van der Waals surface area contributed by atoms with Crippen molar-refractivity contribution in [3.05, 3.63) is 42.4 Å². The van der Waals surface area contributed by atoms with Crippen molar-refractivity contribution in [1.82, 2.24) is 19.5 Å². The Balaban J connectivity index is 2.22. The van der Waals surface area contributed by atoms with Gasteiger partial charge < -0.3 is 5.73 Å². The highest BCUT2D eigenvalue weighted by atomic mass is 35.6. The van der Waals surface area contributed by atoms with Crippen molar-refractivity contribution in [1.29, 1.82) is 0 Å². The lowest BCUT2D eigenvalue weighted by molar-refractivity contribution is 1.00. The largest absolute Gasteiger partial charge is 0.368 e. The van der Waals surface area contributed by atoms with Gasteiger partial charge in [0.25, 0.3) is 0 Å². The Morgan fingerprint density at radius 3 is 2.60 bits per heavy atom. The van der Waals surface area contributed by atoms with E-state index in [1.807, 2.05) is 0 Å². The molecule has 0 aliphatic rings. The Hall–Kier alpha value is -1.56. The predicted molar refractivity (Wildman–Crippen MR) is 80.3 cm³/mol. The number of hydrogen-bond acceptors (Lipinski definition) is 4. The highest BCUT2D eigenvalue weighted by molar-refractivity contribution is 6.66. The van der Waals surface area contributed by atoms with E-state index >= 15 is 0 Å². The summed E-state index contributed by atoms with van der Waals surface area (Å²) in [5, 5.41) is 0. The Bertz CT molecular complexity index is 778. The van der Waals surface area contributed by atoms with Gasteiger partial charge in [-0.3, -0.25) is 4.57 Å². The van der Waals surface area contributed by atoms with Crippen LogP contribution in [-0.2, 0) is 3.79 Å². The molecule has 0 spiro atoms. The number of alkyl halides is 3. The molecule has 0 unspecified atom stereocenters. The average molecular weight is 329 g/mol. The molecular weight excluding hydrogens is 321 g/mol. The zero-order valence-electron chi connectivity index (χ0n) is 9.96. The maximum atomic E-state index is 5.91. The number of nitrogens with two attached hydrogens (primary N) is 1. The second-order valence-electron chi connectivity index (χ2n) is 4.09. The highest BCUT2D eigenvalue weighted by Crippen LogP contribution is 2.39. The lowest BCUT2D eigenvalue weighted by atomic mass is 10.2. The fraction of sp³-hybridized carbons (Fsp3) is 0.0833. The number of halogens is 3. The Labute approximate surface area is 129 Å². The summed E-state index contributed by atoms with van der Waals surface area (Å²) in [5.41, 5.74) is 7.68. The van der Waals surface area contributed by atoms with Gasteiger partial charge in [-0.2, -0.15) is 4.98 Å². The van der Waals surface area contributed by atoms with E-state index in [0.29, 0.717) is 11.4 Å². The minimum absolute atomic E-state index is 0.182. The van der Waals surface area contributed by atoms with Crippen LogP contribution < -0.4 is 5.73 Å². The van der Waals surface area contributed by atoms with Crippen molar-refractivity contribution >= 4 is 51.8 Å². The van der Waals surface area contributed by atoms with Gasteiger partial charge in [0.05, 0.1) is 11.0 Å². The van der Waals surface area contributed by atoms with Gasteiger partial charge in [0, 0.05) is 11.8 Å². The summed E-state index contributed by atoms with van der Waals surface area (Å²) in [4.78, 5) is 12.3. The molecule has 102 valence electrons. The summed E-state index contributed by atoms with van der Waals surface area (Å²) >= 11 is 17.7. The van der Waals surface area contributed by atoms with Crippen LogP contribution in [-0.4, -0.2) is 19.5 Å². The van der Waals surface area contributed by atoms with E-state index in [1.54, 1.807) is 41.4 Å². The zero-order valence-corrected chi connectivity index (χ0v) is 12.2. The fourth-order valence-electron chi connectivity index (χ4n) is 1.86. The summed E-state index contributed by atoms with van der Waals surface area (Å²) < 4.78 is 0.265. The third-order valence-electron chi connectivity index (χ3n) is 2.78. The molecule has 2 heterocycles. The van der Waals surface area contributed by atoms with E-state index in [9.17, 15) is 0 Å². The topological polar surface area (TPSA) is 69.6 Å². The van der Waals surface area contributed by atoms with Crippen LogP contribution in [0.3, 0.4) is 0 Å². The third kappa shape index (κ3) is 2.40. The summed E-state index contributed by atoms with van der Waals surface area (Å²) in [5.74, 6) is 0.781. The smallest absolute Gasteiger partial charge is 0.221 e. The molecule has 0 saturated heterocycles. The molecule has 2 N–H and O–H groups in total. The molecule has 3 rings (SSSR count). The maximum Gasteiger partial charge on any atom is 0.221 e. The van der Waals surface area contributed by atoms with Gasteiger partial charge in [-0.15, -0.1) is 0 Å². The first-order valence-corrected chi connectivity index (χ1v) is 6.72. The first kappa shape index (κ1) is 13.4. The lowest BCUT2D eigenvalue weighted by Crippen LogP contribution is -2.03. The summed E-state index contributed by atoms with van der Waals surface area (Å²) in [7, 11) is 0. The molecule has 20 heavy (non-hydrogen) atoms. The van der Waals surface area contributed by atoms with Crippen molar-refractivity contribution in [2.45, 2.75) is 3.79 Å². The number of fused-ring (bicyclic) bond motifs is 1. The van der Waals surface area contributed by atoms with Crippen molar-refractivity contribution in [3.8, 4) is 5.82 Å². The average Bonchev–Trinajstić information content (AvgIpc) is 2.80. The number of aromatic nitrogens is 4. The van der Waals surface area contributed by atoms with Gasteiger partial charge in [-0.05, 0) is 18.2 Å². The summed E-state index contributed by atoms with van der Waals surface area (Å²) in [6.45, 7) is 0. The van der Waals surface area contributed by atoms with Crippen LogP contribution in [0.5, 0.6) is 0 Å². The molecule has 0 saturated carbocycles. The van der Waals surface area contributed by atoms with Crippen LogP contribution in [0.1, 0.15) is 5.56 Å². The first-order chi connectivity index (χ1) is 9.45. The molecule has 0 aliphatic heterocycles. The summed E-state index contributed by atoms with van der Waals surface area (Å²) in [6, 6.07) is 6.99. The number of imidazole rings is 1. The van der Waals surface area contributed by atoms with Crippen molar-refractivity contribution < 1.29 is 0 Å². The Morgan fingerprint density at radius 2 is 1.90 bits per heavy atom. The molecule has 2 aromatic heterocycles. The molecule has 0 atom stereocenters. The van der Waals surface area contributed by atoms with Crippen LogP contribution in [0.15, 0.2) is 36.8 Å². The number of rotatable bonds is 1. The van der Waals surface area contributed by atoms with E-state index in [2.05, 4.69) is 15.0 Å². The Kier molecular flexibility index (Phi) is 3.20. The van der Waals surface area contributed by atoms with Crippen LogP contribution in [0.2, 0.25) is 0 Å². The molecule has 0 radical (unpaired) electrons. The minimum Gasteiger partial charge on any atom is -0.368 e. The monoisotopic (exact) mass is 327 g/mol. The van der Waals surface area contributed by atoms with E-state index in [1.165, 1.54) is 0 Å². The van der Waals surface area contributed by atoms with E-state index in [4.69, 9.17) is 40.5 Å². The second-order valence-corrected chi connectivity index (χ2v) is 6.37. The molecule has 0 fully saturated rings. The number of nitrogens with zero attached hydrogens (tertiary/aromatic N) is 4. The predicted octanol–water partition coefficient (Wildman–Crippen LogP) is 3.22. The summed E-state index contributed by atoms with van der Waals surface area (Å²) in [6.07, 6.45) is 3.21. The third-order valence-corrected chi connectivity index (χ3v) is 3.44. The molecule has 0 bridgehead atoms. The van der Waals surface area contributed by atoms with E-state index in [-0.39, 0.29) is 5.95 Å². The highest BCUT2D eigenvalue weighted by Gasteiger charge is 2.23. The molecule has 1 aromatic carbocycles. The molecule has 0 amide bonds. The standard InChI is InChI=1S/C12H8Cl3N5/c13-12(14,15)7-1-2-8-9(5-7)20(6-18-8)10-3-4-17-11(16)19-10/h1-6H,(H2,16,17,19). The second kappa shape index (κ2) is 4.77. The van der Waals surface area contributed by atoms with Crippen molar-refractivity contribution in [2.75, 3.05) is 5.73 Å². The molecule has 8 heteroatoms. The number of benzene rings is 1. The van der Waals surface area contributed by atoms with Gasteiger partial charge in [0.1, 0.15) is 12.1 Å². The van der Waals surface area contributed by atoms with E-state index in [0.717, 1.165) is 11.0 Å². The van der Waals surface area contributed by atoms with Crippen LogP contribution >= 0.6 is 34.8 Å². The Morgan fingerprint density at radius 1 is 1.10 bits per heavy atom. The van der Waals surface area contributed by atoms with Gasteiger partial charge in [-0.25, -0.2) is 9.97 Å². The molecule has 5 nitrogen and oxygen atoms in total. The first-order valence-electron chi connectivity index (χ1n) is 5.58. The van der Waals surface area contributed by atoms with Crippen molar-refractivity contribution in [2.24, 2.45) is 0 Å². The maximum absolute atomic E-state index is 5.91. The van der Waals surface area contributed by atoms with Gasteiger partial charge in [-0.1, -0.05) is 40.9 Å². The number of nitrogen functional groups attached to an aromatic ring is 1. The van der Waals surface area contributed by atoms with E-state index < -0.39 is 3.79 Å². The van der Waals surface area contributed by atoms with Crippen LogP contribution in [0.4, 0.5) is 5.95 Å². The minimum atomic E-state index is -1.49. The van der Waals surface area contributed by atoms with Crippen LogP contribution in [0.25, 0.3) is 16.9 Å². The molecule has 3 aromatic rings. The fourth-order valence-corrected chi connectivity index (χ4v) is 2.22. The normalized spacial score (nSPS) is 11.9. The SMILES string of the molecule is Nc1nccc(-n2cnc3ccc(C(Cl)(Cl)Cl)cc32)n1. The molecular formula is C12H8Cl3N5. The number of anilines is 1. The van der Waals surface area contributed by atoms with Gasteiger partial charge in [0.2, 0.25) is 9.74 Å². The quantitative estimate of drug-likeness (QED) is 0.696. The van der Waals surface area contributed by atoms with Gasteiger partial charge in [0.15, 0.2) is 0 Å². The van der Waals surface area contributed by atoms with Crippen molar-refractivity contribution in [3.63, 3.8) is 0 Å². The number of hydrogen-bond donors (Lipinski definition) is 1. The van der Waals surface area contributed by atoms with Gasteiger partial charge >= 0.3 is 0 Å². The van der Waals surface area contributed by atoms with Crippen LogP contribution in [0, 0.1) is 0 Å².